The number of carbonyl (C=O) groups is 1. The summed E-state index contributed by atoms with van der Waals surface area (Å²) in [7, 11) is 1.55. The first-order valence-electron chi connectivity index (χ1n) is 11.1. The van der Waals surface area contributed by atoms with Gasteiger partial charge in [-0.3, -0.25) is 14.7 Å². The maximum absolute atomic E-state index is 13.5. The Labute approximate surface area is 189 Å². The summed E-state index contributed by atoms with van der Waals surface area (Å²) < 4.78 is 5.07. The number of rotatable bonds is 8. The smallest absolute Gasteiger partial charge is 0.316 e. The maximum Gasteiger partial charge on any atom is 0.316 e. The average molecular weight is 432 g/mol. The molecule has 1 atom stereocenters. The van der Waals surface area contributed by atoms with Gasteiger partial charge < -0.3 is 9.64 Å². The lowest BCUT2D eigenvalue weighted by molar-refractivity contribution is -0.142. The highest BCUT2D eigenvalue weighted by atomic mass is 16.5. The molecular formula is C25H29N5O2. The Bertz CT molecular complexity index is 1030. The van der Waals surface area contributed by atoms with Crippen LogP contribution in [0.4, 0.5) is 0 Å². The van der Waals surface area contributed by atoms with Crippen LogP contribution in [0.1, 0.15) is 24.5 Å². The molecule has 0 spiro atoms. The van der Waals surface area contributed by atoms with E-state index in [-0.39, 0.29) is 11.9 Å². The zero-order chi connectivity index (χ0) is 22.3. The summed E-state index contributed by atoms with van der Waals surface area (Å²) in [6.07, 6.45) is 8.79. The van der Waals surface area contributed by atoms with Gasteiger partial charge in [0, 0.05) is 62.1 Å². The molecular weight excluding hydrogens is 402 g/mol. The molecule has 3 aromatic rings. The maximum atomic E-state index is 13.5. The summed E-state index contributed by atoms with van der Waals surface area (Å²) in [5.41, 5.74) is 4.29. The minimum Gasteiger partial charge on any atom is -0.467 e. The van der Waals surface area contributed by atoms with E-state index >= 15 is 0 Å². The van der Waals surface area contributed by atoms with E-state index in [0.717, 1.165) is 48.3 Å². The number of aromatic nitrogens is 3. The Morgan fingerprint density at radius 3 is 2.59 bits per heavy atom. The first-order valence-corrected chi connectivity index (χ1v) is 11.1. The molecule has 166 valence electrons. The van der Waals surface area contributed by atoms with Gasteiger partial charge in [0.1, 0.15) is 0 Å². The van der Waals surface area contributed by atoms with Crippen molar-refractivity contribution < 1.29 is 9.53 Å². The van der Waals surface area contributed by atoms with Gasteiger partial charge in [0.25, 0.3) is 0 Å². The van der Waals surface area contributed by atoms with Gasteiger partial charge in [0.05, 0.1) is 13.2 Å². The number of hydrogen-bond acceptors (Lipinski definition) is 6. The Morgan fingerprint density at radius 2 is 1.88 bits per heavy atom. The number of ether oxygens (including phenoxy) is 1. The molecule has 1 aromatic carbocycles. The number of methoxy groups -OCH3 is 1. The van der Waals surface area contributed by atoms with Crippen LogP contribution >= 0.6 is 0 Å². The molecule has 32 heavy (non-hydrogen) atoms. The number of pyridine rings is 1. The number of amides is 1. The normalized spacial score (nSPS) is 16.9. The van der Waals surface area contributed by atoms with Gasteiger partial charge in [-0.15, -0.1) is 0 Å². The van der Waals surface area contributed by atoms with Crippen molar-refractivity contribution >= 4 is 5.91 Å². The minimum atomic E-state index is -0.241. The van der Waals surface area contributed by atoms with E-state index in [1.807, 2.05) is 29.3 Å². The molecule has 1 aliphatic heterocycles. The summed E-state index contributed by atoms with van der Waals surface area (Å²) in [6.45, 7) is 5.08. The predicted octanol–water partition coefficient (Wildman–Crippen LogP) is 3.21. The Kier molecular flexibility index (Phi) is 7.07. The van der Waals surface area contributed by atoms with Crippen molar-refractivity contribution in [2.24, 2.45) is 0 Å². The van der Waals surface area contributed by atoms with E-state index < -0.39 is 0 Å². The number of hydrogen-bond donors (Lipinski definition) is 0. The number of nitrogens with zero attached hydrogens (tertiary/aromatic N) is 5. The van der Waals surface area contributed by atoms with E-state index in [1.165, 1.54) is 0 Å². The second-order valence-electron chi connectivity index (χ2n) is 7.99. The molecule has 7 heteroatoms. The fourth-order valence-electron chi connectivity index (χ4n) is 4.25. The first-order chi connectivity index (χ1) is 15.7. The Morgan fingerprint density at radius 1 is 1.06 bits per heavy atom. The molecule has 2 aromatic heterocycles. The van der Waals surface area contributed by atoms with E-state index in [9.17, 15) is 4.79 Å². The third-order valence-electron chi connectivity index (χ3n) is 5.84. The van der Waals surface area contributed by atoms with Gasteiger partial charge in [-0.05, 0) is 30.0 Å². The molecule has 0 aliphatic carbocycles. The van der Waals surface area contributed by atoms with Gasteiger partial charge in [-0.25, -0.2) is 9.97 Å². The van der Waals surface area contributed by atoms with Crippen molar-refractivity contribution in [3.63, 3.8) is 0 Å². The van der Waals surface area contributed by atoms with Crippen LogP contribution in [0.2, 0.25) is 0 Å². The second-order valence-corrected chi connectivity index (χ2v) is 7.99. The van der Waals surface area contributed by atoms with Gasteiger partial charge in [0.15, 0.2) is 0 Å². The molecule has 0 bridgehead atoms. The number of piperazine rings is 1. The molecule has 0 radical (unpaired) electrons. The van der Waals surface area contributed by atoms with Crippen molar-refractivity contribution in [3.05, 3.63) is 72.3 Å². The third kappa shape index (κ3) is 4.94. The topological polar surface area (TPSA) is 71.5 Å². The zero-order valence-electron chi connectivity index (χ0n) is 18.6. The van der Waals surface area contributed by atoms with Crippen LogP contribution in [0.3, 0.4) is 0 Å². The molecule has 0 saturated carbocycles. The van der Waals surface area contributed by atoms with Gasteiger partial charge >= 0.3 is 6.01 Å². The lowest BCUT2D eigenvalue weighted by atomic mass is 9.93. The molecule has 0 N–H and O–H groups in total. The summed E-state index contributed by atoms with van der Waals surface area (Å²) in [5, 5.41) is 0. The summed E-state index contributed by atoms with van der Waals surface area (Å²) >= 11 is 0. The first kappa shape index (κ1) is 21.9. The number of benzene rings is 1. The second kappa shape index (κ2) is 10.3. The van der Waals surface area contributed by atoms with E-state index in [2.05, 4.69) is 45.0 Å². The fraction of sp³-hybridized carbons (Fsp3) is 0.360. The average Bonchev–Trinajstić information content (AvgIpc) is 2.84. The fourth-order valence-corrected chi connectivity index (χ4v) is 4.25. The minimum absolute atomic E-state index is 0.188. The molecule has 1 fully saturated rings. The van der Waals surface area contributed by atoms with E-state index in [0.29, 0.717) is 19.0 Å². The lowest BCUT2D eigenvalue weighted by Crippen LogP contribution is -2.57. The molecule has 4 rings (SSSR count). The predicted molar refractivity (Wildman–Crippen MR) is 123 cm³/mol. The molecule has 0 unspecified atom stereocenters. The zero-order valence-corrected chi connectivity index (χ0v) is 18.6. The molecule has 3 heterocycles. The highest BCUT2D eigenvalue weighted by molar-refractivity contribution is 5.83. The van der Waals surface area contributed by atoms with E-state index in [1.54, 1.807) is 25.7 Å². The molecule has 1 aliphatic rings. The van der Waals surface area contributed by atoms with Crippen LogP contribution < -0.4 is 4.74 Å². The number of carbonyl (C=O) groups excluding carboxylic acids is 1. The van der Waals surface area contributed by atoms with Crippen LogP contribution in [0, 0.1) is 0 Å². The highest BCUT2D eigenvalue weighted by Crippen LogP contribution is 2.27. The molecule has 7 nitrogen and oxygen atoms in total. The van der Waals surface area contributed by atoms with Crippen LogP contribution in [0.5, 0.6) is 6.01 Å². The van der Waals surface area contributed by atoms with E-state index in [4.69, 9.17) is 4.74 Å². The van der Waals surface area contributed by atoms with Crippen molar-refractivity contribution in [2.45, 2.75) is 32.4 Å². The summed E-state index contributed by atoms with van der Waals surface area (Å²) in [5.74, 6) is 0.188. The van der Waals surface area contributed by atoms with Crippen LogP contribution in [0.15, 0.2) is 61.2 Å². The third-order valence-corrected chi connectivity index (χ3v) is 5.84. The van der Waals surface area contributed by atoms with Crippen molar-refractivity contribution in [3.8, 4) is 17.1 Å². The van der Waals surface area contributed by atoms with Crippen molar-refractivity contribution in [2.75, 3.05) is 26.7 Å². The SMILES string of the molecule is CCCN1CCN(Cc2cnc(OC)nc2)[C@@H](Cc2ccccc2-c2cccnc2)C1=O. The van der Waals surface area contributed by atoms with Crippen molar-refractivity contribution in [1.82, 2.24) is 24.8 Å². The largest absolute Gasteiger partial charge is 0.467 e. The highest BCUT2D eigenvalue weighted by Gasteiger charge is 2.35. The van der Waals surface area contributed by atoms with Crippen molar-refractivity contribution in [1.29, 1.82) is 0 Å². The monoisotopic (exact) mass is 431 g/mol. The summed E-state index contributed by atoms with van der Waals surface area (Å²) in [4.78, 5) is 30.5. The van der Waals surface area contributed by atoms with Gasteiger partial charge in [-0.2, -0.15) is 0 Å². The Balaban J connectivity index is 1.62. The standard InChI is InChI=1S/C25H29N5O2/c1-3-11-29-12-13-30(18-19-15-27-25(32-2)28-16-19)23(24(29)31)14-20-7-4-5-9-22(20)21-8-6-10-26-17-21/h4-10,15-17,23H,3,11-14,18H2,1-2H3/t23-/m0/s1. The quantitative estimate of drug-likeness (QED) is 0.545. The van der Waals surface area contributed by atoms with Gasteiger partial charge in [-0.1, -0.05) is 37.3 Å². The van der Waals surface area contributed by atoms with Gasteiger partial charge in [0.2, 0.25) is 5.91 Å². The van der Waals surface area contributed by atoms with Crippen LogP contribution in [0.25, 0.3) is 11.1 Å². The van der Waals surface area contributed by atoms with Crippen LogP contribution in [-0.2, 0) is 17.8 Å². The molecule has 1 amide bonds. The molecule has 1 saturated heterocycles. The summed E-state index contributed by atoms with van der Waals surface area (Å²) in [6, 6.07) is 12.4. The Hall–Kier alpha value is -3.32. The lowest BCUT2D eigenvalue weighted by Gasteiger charge is -2.41. The van der Waals surface area contributed by atoms with Crippen LogP contribution in [-0.4, -0.2) is 63.4 Å².